The standard InChI is InChI=1S/C25H26F2N4O2S3/c1-4-29(5-2)12-13-30-22-21(36-25(30)34)23(32)31(19-8-6-7-9-20(19)33-3)24(28-22)35-15-16-14-17(26)10-11-18(16)27/h6-11,14H,4-5,12-13,15H2,1-3H3. The van der Waals surface area contributed by atoms with Gasteiger partial charge in [-0.1, -0.05) is 49.1 Å². The van der Waals surface area contributed by atoms with Crippen molar-refractivity contribution >= 4 is 45.7 Å². The maximum Gasteiger partial charge on any atom is 0.278 e. The number of halogens is 2. The van der Waals surface area contributed by atoms with E-state index in [4.69, 9.17) is 21.9 Å². The van der Waals surface area contributed by atoms with Gasteiger partial charge in [0.15, 0.2) is 14.8 Å². The number of rotatable bonds is 10. The van der Waals surface area contributed by atoms with Crippen LogP contribution in [-0.2, 0) is 12.3 Å². The van der Waals surface area contributed by atoms with Crippen LogP contribution in [0, 0.1) is 15.6 Å². The number of likely N-dealkylation sites (N-methyl/N-ethyl adjacent to an activating group) is 1. The molecular weight excluding hydrogens is 522 g/mol. The molecule has 4 aromatic rings. The molecule has 2 heterocycles. The summed E-state index contributed by atoms with van der Waals surface area (Å²) in [5.74, 6) is -0.473. The number of hydrogen-bond donors (Lipinski definition) is 0. The molecule has 190 valence electrons. The number of thiazole rings is 1. The monoisotopic (exact) mass is 548 g/mol. The van der Waals surface area contributed by atoms with E-state index < -0.39 is 11.6 Å². The highest BCUT2D eigenvalue weighted by Gasteiger charge is 2.21. The van der Waals surface area contributed by atoms with Gasteiger partial charge in [0.2, 0.25) is 0 Å². The molecule has 6 nitrogen and oxygen atoms in total. The minimum atomic E-state index is -0.527. The maximum absolute atomic E-state index is 14.3. The second kappa shape index (κ2) is 11.6. The SMILES string of the molecule is CCN(CC)CCn1c(=S)sc2c(=O)n(-c3ccccc3OC)c(SCc3cc(F)ccc3F)nc21. The Hall–Kier alpha value is -2.60. The first-order valence-corrected chi connectivity index (χ1v) is 13.7. The van der Waals surface area contributed by atoms with E-state index in [1.165, 1.54) is 23.0 Å². The van der Waals surface area contributed by atoms with Crippen molar-refractivity contribution in [3.05, 3.63) is 74.0 Å². The van der Waals surface area contributed by atoms with Gasteiger partial charge in [-0.15, -0.1) is 0 Å². The summed E-state index contributed by atoms with van der Waals surface area (Å²) >= 11 is 7.99. The summed E-state index contributed by atoms with van der Waals surface area (Å²) in [6, 6.07) is 10.4. The predicted octanol–water partition coefficient (Wildman–Crippen LogP) is 5.90. The molecule has 0 saturated carbocycles. The van der Waals surface area contributed by atoms with Crippen LogP contribution >= 0.6 is 35.3 Å². The quantitative estimate of drug-likeness (QED) is 0.140. The zero-order valence-electron chi connectivity index (χ0n) is 20.2. The topological polar surface area (TPSA) is 52.3 Å². The van der Waals surface area contributed by atoms with Gasteiger partial charge in [0.25, 0.3) is 5.56 Å². The van der Waals surface area contributed by atoms with Gasteiger partial charge in [-0.05, 0) is 55.6 Å². The number of thioether (sulfide) groups is 1. The summed E-state index contributed by atoms with van der Waals surface area (Å²) in [6.45, 7) is 7.36. The molecule has 0 radical (unpaired) electrons. The normalized spacial score (nSPS) is 11.5. The molecule has 0 aliphatic rings. The van der Waals surface area contributed by atoms with Crippen molar-refractivity contribution in [2.75, 3.05) is 26.7 Å². The van der Waals surface area contributed by atoms with Crippen LogP contribution < -0.4 is 10.3 Å². The highest BCUT2D eigenvalue weighted by Crippen LogP contribution is 2.31. The smallest absolute Gasteiger partial charge is 0.278 e. The molecule has 0 bridgehead atoms. The molecule has 4 rings (SSSR count). The van der Waals surface area contributed by atoms with Crippen LogP contribution in [0.4, 0.5) is 8.78 Å². The Balaban J connectivity index is 1.87. The minimum Gasteiger partial charge on any atom is -0.495 e. The number of fused-ring (bicyclic) bond motifs is 1. The van der Waals surface area contributed by atoms with E-state index in [1.54, 1.807) is 18.2 Å². The van der Waals surface area contributed by atoms with E-state index in [-0.39, 0.29) is 16.9 Å². The van der Waals surface area contributed by atoms with E-state index in [0.717, 1.165) is 49.6 Å². The fourth-order valence-corrected chi connectivity index (χ4v) is 6.16. The maximum atomic E-state index is 14.3. The van der Waals surface area contributed by atoms with Crippen LogP contribution in [0.5, 0.6) is 5.75 Å². The first-order chi connectivity index (χ1) is 17.4. The zero-order chi connectivity index (χ0) is 25.8. The van der Waals surface area contributed by atoms with Crippen molar-refractivity contribution in [2.24, 2.45) is 0 Å². The summed E-state index contributed by atoms with van der Waals surface area (Å²) in [5, 5.41) is 0.338. The lowest BCUT2D eigenvalue weighted by atomic mass is 10.2. The van der Waals surface area contributed by atoms with Crippen LogP contribution in [0.15, 0.2) is 52.4 Å². The van der Waals surface area contributed by atoms with Crippen molar-refractivity contribution < 1.29 is 13.5 Å². The van der Waals surface area contributed by atoms with Gasteiger partial charge >= 0.3 is 0 Å². The Labute approximate surface area is 221 Å². The summed E-state index contributed by atoms with van der Waals surface area (Å²) in [6.07, 6.45) is 0. The molecule has 0 amide bonds. The van der Waals surface area contributed by atoms with E-state index in [1.807, 2.05) is 10.6 Å². The molecule has 0 unspecified atom stereocenters. The molecule has 0 atom stereocenters. The largest absolute Gasteiger partial charge is 0.495 e. The average Bonchev–Trinajstić information content (AvgIpc) is 3.20. The average molecular weight is 549 g/mol. The number of hydrogen-bond acceptors (Lipinski definition) is 7. The molecule has 11 heteroatoms. The number of aromatic nitrogens is 3. The van der Waals surface area contributed by atoms with Crippen LogP contribution in [0.3, 0.4) is 0 Å². The molecule has 0 aliphatic carbocycles. The first kappa shape index (κ1) is 26.5. The van der Waals surface area contributed by atoms with Gasteiger partial charge in [0, 0.05) is 24.4 Å². The van der Waals surface area contributed by atoms with Gasteiger partial charge < -0.3 is 14.2 Å². The van der Waals surface area contributed by atoms with Gasteiger partial charge in [-0.2, -0.15) is 0 Å². The van der Waals surface area contributed by atoms with Crippen molar-refractivity contribution in [1.29, 1.82) is 0 Å². The number of nitrogens with zero attached hydrogens (tertiary/aromatic N) is 4. The third kappa shape index (κ3) is 5.39. The molecule has 0 fully saturated rings. The van der Waals surface area contributed by atoms with Crippen LogP contribution in [0.1, 0.15) is 19.4 Å². The lowest BCUT2D eigenvalue weighted by Crippen LogP contribution is -2.27. The predicted molar refractivity (Wildman–Crippen MR) is 144 cm³/mol. The Morgan fingerprint density at radius 3 is 2.64 bits per heavy atom. The minimum absolute atomic E-state index is 0.0843. The van der Waals surface area contributed by atoms with E-state index in [9.17, 15) is 13.6 Å². The lowest BCUT2D eigenvalue weighted by molar-refractivity contribution is 0.291. The third-order valence-electron chi connectivity index (χ3n) is 5.88. The van der Waals surface area contributed by atoms with Crippen LogP contribution in [0.25, 0.3) is 16.0 Å². The first-order valence-electron chi connectivity index (χ1n) is 11.5. The van der Waals surface area contributed by atoms with E-state index in [0.29, 0.717) is 37.4 Å². The molecule has 2 aromatic heterocycles. The van der Waals surface area contributed by atoms with Crippen molar-refractivity contribution in [2.45, 2.75) is 31.3 Å². The van der Waals surface area contributed by atoms with E-state index in [2.05, 4.69) is 18.7 Å². The number of benzene rings is 2. The van der Waals surface area contributed by atoms with Crippen LogP contribution in [-0.4, -0.2) is 45.8 Å². The number of ether oxygens (including phenoxy) is 1. The zero-order valence-corrected chi connectivity index (χ0v) is 22.6. The molecule has 2 aromatic carbocycles. The van der Waals surface area contributed by atoms with Crippen LogP contribution in [0.2, 0.25) is 0 Å². The summed E-state index contributed by atoms with van der Waals surface area (Å²) in [4.78, 5) is 20.9. The Morgan fingerprint density at radius 1 is 1.17 bits per heavy atom. The number of methoxy groups -OCH3 is 1. The van der Waals surface area contributed by atoms with Crippen molar-refractivity contribution in [1.82, 2.24) is 19.0 Å². The van der Waals surface area contributed by atoms with Gasteiger partial charge in [0.05, 0.1) is 12.8 Å². The molecule has 0 N–H and O–H groups in total. The third-order valence-corrected chi connectivity index (χ3v) is 8.30. The van der Waals surface area contributed by atoms with Crippen molar-refractivity contribution in [3.8, 4) is 11.4 Å². The fraction of sp³-hybridized carbons (Fsp3) is 0.320. The molecule has 0 spiro atoms. The van der Waals surface area contributed by atoms with E-state index >= 15 is 0 Å². The van der Waals surface area contributed by atoms with Crippen molar-refractivity contribution in [3.63, 3.8) is 0 Å². The van der Waals surface area contributed by atoms with Gasteiger partial charge in [-0.3, -0.25) is 9.36 Å². The summed E-state index contributed by atoms with van der Waals surface area (Å²) < 4.78 is 38.0. The molecule has 36 heavy (non-hydrogen) atoms. The second-order valence-electron chi connectivity index (χ2n) is 7.93. The lowest BCUT2D eigenvalue weighted by Gasteiger charge is -2.18. The molecular formula is C25H26F2N4O2S3. The second-order valence-corrected chi connectivity index (χ2v) is 10.5. The van der Waals surface area contributed by atoms with Gasteiger partial charge in [-0.25, -0.2) is 13.8 Å². The number of para-hydroxylation sites is 2. The van der Waals surface area contributed by atoms with Gasteiger partial charge in [0.1, 0.15) is 22.1 Å². The highest BCUT2D eigenvalue weighted by molar-refractivity contribution is 7.98. The Kier molecular flexibility index (Phi) is 8.55. The molecule has 0 aliphatic heterocycles. The fourth-order valence-electron chi connectivity index (χ4n) is 3.87. The molecule has 0 saturated heterocycles. The summed E-state index contributed by atoms with van der Waals surface area (Å²) in [5.41, 5.74) is 0.903. The Morgan fingerprint density at radius 2 is 1.92 bits per heavy atom. The Bertz CT molecular complexity index is 1500. The summed E-state index contributed by atoms with van der Waals surface area (Å²) in [7, 11) is 1.53. The highest BCUT2D eigenvalue weighted by atomic mass is 32.2.